The van der Waals surface area contributed by atoms with E-state index >= 15 is 0 Å². The highest BCUT2D eigenvalue weighted by atomic mass is 19.4. The molecule has 0 spiro atoms. The van der Waals surface area contributed by atoms with Gasteiger partial charge in [0.1, 0.15) is 5.82 Å². The summed E-state index contributed by atoms with van der Waals surface area (Å²) in [7, 11) is 0. The van der Waals surface area contributed by atoms with Gasteiger partial charge in [-0.3, -0.25) is 4.79 Å². The lowest BCUT2D eigenvalue weighted by atomic mass is 10.1. The van der Waals surface area contributed by atoms with Crippen LogP contribution in [0.2, 0.25) is 0 Å². The summed E-state index contributed by atoms with van der Waals surface area (Å²) in [6.07, 6.45) is -4.84. The number of alkyl halides is 5. The standard InChI is InChI=1S/C23H16F6N4O3/c1-2-35-18-9-14(7-8-17(18)36-22(25)26)30-21(34)16-11-20-31-15(12-3-5-13(24)6-4-12)10-19(23(27,28)29)33(20)32-16/h3-11,22H,2H2,1H3,(H,30,34). The van der Waals surface area contributed by atoms with E-state index < -0.39 is 35.9 Å². The first-order valence-electron chi connectivity index (χ1n) is 10.3. The maximum atomic E-state index is 13.8. The van der Waals surface area contributed by atoms with E-state index in [0.29, 0.717) is 4.52 Å². The van der Waals surface area contributed by atoms with E-state index in [-0.39, 0.29) is 40.7 Å². The number of hydrogen-bond donors (Lipinski definition) is 1. The molecule has 1 N–H and O–H groups in total. The molecule has 0 bridgehead atoms. The Hall–Kier alpha value is -4.29. The van der Waals surface area contributed by atoms with Crippen LogP contribution in [0.15, 0.2) is 54.6 Å². The van der Waals surface area contributed by atoms with Crippen LogP contribution in [0.3, 0.4) is 0 Å². The number of nitrogens with zero attached hydrogens (tertiary/aromatic N) is 3. The lowest BCUT2D eigenvalue weighted by Crippen LogP contribution is -2.16. The van der Waals surface area contributed by atoms with E-state index in [4.69, 9.17) is 4.74 Å². The van der Waals surface area contributed by atoms with Gasteiger partial charge in [0.05, 0.1) is 12.3 Å². The summed E-state index contributed by atoms with van der Waals surface area (Å²) < 4.78 is 89.7. The summed E-state index contributed by atoms with van der Waals surface area (Å²) in [5.41, 5.74) is -1.64. The summed E-state index contributed by atoms with van der Waals surface area (Å²) in [5.74, 6) is -1.79. The number of rotatable bonds is 7. The molecular formula is C23H16F6N4O3. The number of halogens is 6. The van der Waals surface area contributed by atoms with Crippen molar-refractivity contribution in [2.24, 2.45) is 0 Å². The molecule has 0 saturated carbocycles. The third-order valence-electron chi connectivity index (χ3n) is 4.81. The maximum Gasteiger partial charge on any atom is 0.433 e. The summed E-state index contributed by atoms with van der Waals surface area (Å²) in [6.45, 7) is -1.37. The lowest BCUT2D eigenvalue weighted by molar-refractivity contribution is -0.142. The second-order valence-electron chi connectivity index (χ2n) is 7.26. The number of carbonyl (C=O) groups is 1. The van der Waals surface area contributed by atoms with Crippen molar-refractivity contribution in [3.05, 3.63) is 71.8 Å². The number of nitrogens with one attached hydrogen (secondary N) is 1. The van der Waals surface area contributed by atoms with Crippen molar-refractivity contribution < 1.29 is 40.6 Å². The Labute approximate surface area is 199 Å². The molecule has 0 atom stereocenters. The highest BCUT2D eigenvalue weighted by Gasteiger charge is 2.35. The van der Waals surface area contributed by atoms with Gasteiger partial charge in [-0.05, 0) is 49.4 Å². The number of benzene rings is 2. The number of anilines is 1. The zero-order valence-electron chi connectivity index (χ0n) is 18.3. The average molecular weight is 510 g/mol. The normalized spacial score (nSPS) is 11.7. The Bertz CT molecular complexity index is 1400. The minimum Gasteiger partial charge on any atom is -0.490 e. The summed E-state index contributed by atoms with van der Waals surface area (Å²) >= 11 is 0. The number of carbonyl (C=O) groups excluding carboxylic acids is 1. The zero-order chi connectivity index (χ0) is 26.0. The van der Waals surface area contributed by atoms with Gasteiger partial charge < -0.3 is 14.8 Å². The number of ether oxygens (including phenoxy) is 2. The molecule has 188 valence electrons. The van der Waals surface area contributed by atoms with Gasteiger partial charge in [0, 0.05) is 23.4 Å². The molecule has 4 rings (SSSR count). The highest BCUT2D eigenvalue weighted by Crippen LogP contribution is 2.34. The van der Waals surface area contributed by atoms with Gasteiger partial charge in [0.15, 0.2) is 28.5 Å². The summed E-state index contributed by atoms with van der Waals surface area (Å²) in [5, 5.41) is 6.17. The van der Waals surface area contributed by atoms with E-state index in [2.05, 4.69) is 20.1 Å². The first kappa shape index (κ1) is 24.8. The van der Waals surface area contributed by atoms with Crippen LogP contribution >= 0.6 is 0 Å². The van der Waals surface area contributed by atoms with Crippen molar-refractivity contribution in [2.75, 3.05) is 11.9 Å². The van der Waals surface area contributed by atoms with Gasteiger partial charge in [-0.15, -0.1) is 0 Å². The van der Waals surface area contributed by atoms with Crippen molar-refractivity contribution in [1.82, 2.24) is 14.6 Å². The minimum atomic E-state index is -4.84. The SMILES string of the molecule is CCOc1cc(NC(=O)c2cc3nc(-c4ccc(F)cc4)cc(C(F)(F)F)n3n2)ccc1OC(F)F. The van der Waals surface area contributed by atoms with Gasteiger partial charge in [-0.25, -0.2) is 13.9 Å². The Morgan fingerprint density at radius 1 is 1.06 bits per heavy atom. The summed E-state index contributed by atoms with van der Waals surface area (Å²) in [4.78, 5) is 16.9. The molecule has 2 aromatic carbocycles. The maximum absolute atomic E-state index is 13.8. The number of amides is 1. The molecule has 36 heavy (non-hydrogen) atoms. The van der Waals surface area contributed by atoms with E-state index in [0.717, 1.165) is 30.3 Å². The third-order valence-corrected chi connectivity index (χ3v) is 4.81. The molecule has 1 amide bonds. The van der Waals surface area contributed by atoms with Crippen molar-refractivity contribution in [2.45, 2.75) is 19.7 Å². The molecular weight excluding hydrogens is 494 g/mol. The topological polar surface area (TPSA) is 77.8 Å². The van der Waals surface area contributed by atoms with Crippen molar-refractivity contribution in [3.63, 3.8) is 0 Å². The van der Waals surface area contributed by atoms with Crippen LogP contribution in [0.5, 0.6) is 11.5 Å². The smallest absolute Gasteiger partial charge is 0.433 e. The Morgan fingerprint density at radius 3 is 2.42 bits per heavy atom. The highest BCUT2D eigenvalue weighted by molar-refractivity contribution is 6.03. The van der Waals surface area contributed by atoms with Gasteiger partial charge in [0.25, 0.3) is 5.91 Å². The van der Waals surface area contributed by atoms with Gasteiger partial charge >= 0.3 is 12.8 Å². The molecule has 2 heterocycles. The van der Waals surface area contributed by atoms with Crippen LogP contribution in [0, 0.1) is 5.82 Å². The van der Waals surface area contributed by atoms with Crippen molar-refractivity contribution >= 4 is 17.2 Å². The van der Waals surface area contributed by atoms with E-state index in [9.17, 15) is 31.1 Å². The lowest BCUT2D eigenvalue weighted by Gasteiger charge is -2.13. The molecule has 0 saturated heterocycles. The minimum absolute atomic E-state index is 0.0736. The molecule has 0 radical (unpaired) electrons. The zero-order valence-corrected chi connectivity index (χ0v) is 18.3. The molecule has 7 nitrogen and oxygen atoms in total. The first-order valence-corrected chi connectivity index (χ1v) is 10.3. The fraction of sp³-hybridized carbons (Fsp3) is 0.174. The van der Waals surface area contributed by atoms with Crippen LogP contribution in [-0.2, 0) is 6.18 Å². The van der Waals surface area contributed by atoms with E-state index in [1.807, 2.05) is 0 Å². The number of fused-ring (bicyclic) bond motifs is 1. The molecule has 0 aliphatic rings. The molecule has 0 unspecified atom stereocenters. The monoisotopic (exact) mass is 510 g/mol. The van der Waals surface area contributed by atoms with Crippen LogP contribution in [0.1, 0.15) is 23.1 Å². The second-order valence-corrected chi connectivity index (χ2v) is 7.26. The average Bonchev–Trinajstić information content (AvgIpc) is 3.24. The molecule has 0 aliphatic heterocycles. The third kappa shape index (κ3) is 5.34. The van der Waals surface area contributed by atoms with E-state index in [1.165, 1.54) is 24.3 Å². The van der Waals surface area contributed by atoms with Gasteiger partial charge in [0.2, 0.25) is 0 Å². The second kappa shape index (κ2) is 9.76. The van der Waals surface area contributed by atoms with Crippen molar-refractivity contribution in [3.8, 4) is 22.8 Å². The fourth-order valence-electron chi connectivity index (χ4n) is 3.30. The summed E-state index contributed by atoms with van der Waals surface area (Å²) in [6, 6.07) is 10.1. The molecule has 4 aromatic rings. The Balaban J connectivity index is 1.69. The Kier molecular flexibility index (Phi) is 6.73. The fourth-order valence-corrected chi connectivity index (χ4v) is 3.30. The molecule has 2 aromatic heterocycles. The van der Waals surface area contributed by atoms with Gasteiger partial charge in [-0.1, -0.05) is 0 Å². The predicted molar refractivity (Wildman–Crippen MR) is 116 cm³/mol. The van der Waals surface area contributed by atoms with E-state index in [1.54, 1.807) is 6.92 Å². The number of aromatic nitrogens is 3. The molecule has 13 heteroatoms. The largest absolute Gasteiger partial charge is 0.490 e. The van der Waals surface area contributed by atoms with Crippen LogP contribution in [0.4, 0.5) is 32.0 Å². The van der Waals surface area contributed by atoms with Crippen LogP contribution < -0.4 is 14.8 Å². The molecule has 0 fully saturated rings. The van der Waals surface area contributed by atoms with Gasteiger partial charge in [-0.2, -0.15) is 27.1 Å². The van der Waals surface area contributed by atoms with Crippen LogP contribution in [-0.4, -0.2) is 33.7 Å². The quantitative estimate of drug-likeness (QED) is 0.318. The molecule has 0 aliphatic carbocycles. The Morgan fingerprint density at radius 2 is 1.78 bits per heavy atom. The van der Waals surface area contributed by atoms with Crippen LogP contribution in [0.25, 0.3) is 16.9 Å². The first-order chi connectivity index (χ1) is 17.0. The number of hydrogen-bond acceptors (Lipinski definition) is 5. The van der Waals surface area contributed by atoms with Crippen molar-refractivity contribution in [1.29, 1.82) is 0 Å². The predicted octanol–water partition coefficient (Wildman–Crippen LogP) is 5.81.